The summed E-state index contributed by atoms with van der Waals surface area (Å²) in [7, 11) is 0.0100. The summed E-state index contributed by atoms with van der Waals surface area (Å²) in [5, 5.41) is 4.68. The van der Waals surface area contributed by atoms with Crippen LogP contribution in [-0.4, -0.2) is 35.0 Å². The molecule has 144 valence electrons. The van der Waals surface area contributed by atoms with Crippen LogP contribution in [0.25, 0.3) is 10.8 Å². The molecular weight excluding hydrogens is 374 g/mol. The molecule has 0 radical (unpaired) electrons. The molecule has 6 heteroatoms. The SMILES string of the molecule is COC(=O)[C@H](CC[S@](=O)c1ccccc1)NC(=O)c1ccc2ccccc2c1. The van der Waals surface area contributed by atoms with E-state index < -0.39 is 22.8 Å². The van der Waals surface area contributed by atoms with Gasteiger partial charge in [-0.3, -0.25) is 9.00 Å². The van der Waals surface area contributed by atoms with Gasteiger partial charge in [-0.25, -0.2) is 4.79 Å². The third kappa shape index (κ3) is 4.84. The standard InChI is InChI=1S/C22H21NO4S/c1-27-22(25)20(13-14-28(26)19-9-3-2-4-10-19)23-21(24)18-12-11-16-7-5-6-8-17(16)15-18/h2-12,15,20H,13-14H2,1H3,(H,23,24)/t20-,28-/m0/s1. The average molecular weight is 395 g/mol. The van der Waals surface area contributed by atoms with Gasteiger partial charge in [0.05, 0.1) is 17.9 Å². The maximum Gasteiger partial charge on any atom is 0.328 e. The second-order valence-corrected chi connectivity index (χ2v) is 7.83. The number of hydrogen-bond acceptors (Lipinski definition) is 4. The summed E-state index contributed by atoms with van der Waals surface area (Å²) in [4.78, 5) is 25.4. The van der Waals surface area contributed by atoms with Crippen LogP contribution >= 0.6 is 0 Å². The van der Waals surface area contributed by atoms with Crippen molar-refractivity contribution in [3.63, 3.8) is 0 Å². The number of fused-ring (bicyclic) bond motifs is 1. The van der Waals surface area contributed by atoms with Crippen LogP contribution in [0.3, 0.4) is 0 Å². The molecule has 5 nitrogen and oxygen atoms in total. The number of rotatable bonds is 7. The number of amides is 1. The minimum absolute atomic E-state index is 0.216. The van der Waals surface area contributed by atoms with E-state index in [-0.39, 0.29) is 18.1 Å². The predicted octanol–water partition coefficient (Wildman–Crippen LogP) is 3.31. The molecule has 0 aliphatic heterocycles. The van der Waals surface area contributed by atoms with E-state index in [2.05, 4.69) is 5.32 Å². The van der Waals surface area contributed by atoms with Gasteiger partial charge in [-0.15, -0.1) is 0 Å². The number of nitrogens with one attached hydrogen (secondary N) is 1. The number of ether oxygens (including phenoxy) is 1. The molecule has 0 saturated heterocycles. The van der Waals surface area contributed by atoms with Gasteiger partial charge in [-0.05, 0) is 41.5 Å². The first kappa shape index (κ1) is 19.8. The first-order valence-electron chi connectivity index (χ1n) is 8.89. The van der Waals surface area contributed by atoms with Crippen LogP contribution in [0.1, 0.15) is 16.8 Å². The van der Waals surface area contributed by atoms with Crippen LogP contribution in [0.5, 0.6) is 0 Å². The van der Waals surface area contributed by atoms with Gasteiger partial charge in [-0.2, -0.15) is 0 Å². The zero-order chi connectivity index (χ0) is 19.9. The maximum absolute atomic E-state index is 12.6. The Balaban J connectivity index is 1.69. The Hall–Kier alpha value is -2.99. The Kier molecular flexibility index (Phi) is 6.55. The molecule has 0 saturated carbocycles. The van der Waals surface area contributed by atoms with E-state index in [1.807, 2.05) is 48.5 Å². The molecule has 3 aromatic carbocycles. The Bertz CT molecular complexity index is 1000. The number of esters is 1. The molecule has 0 spiro atoms. The van der Waals surface area contributed by atoms with Crippen LogP contribution in [0.15, 0.2) is 77.7 Å². The third-order valence-electron chi connectivity index (χ3n) is 4.40. The minimum atomic E-state index is -1.26. The molecule has 1 N–H and O–H groups in total. The van der Waals surface area contributed by atoms with E-state index in [0.717, 1.165) is 10.8 Å². The van der Waals surface area contributed by atoms with Crippen molar-refractivity contribution in [2.75, 3.05) is 12.9 Å². The monoisotopic (exact) mass is 395 g/mol. The Morgan fingerprint density at radius 2 is 1.64 bits per heavy atom. The summed E-state index contributed by atoms with van der Waals surface area (Å²) >= 11 is 0. The van der Waals surface area contributed by atoms with E-state index in [1.54, 1.807) is 24.3 Å². The number of methoxy groups -OCH3 is 1. The van der Waals surface area contributed by atoms with Crippen molar-refractivity contribution in [1.29, 1.82) is 0 Å². The number of carbonyl (C=O) groups excluding carboxylic acids is 2. The van der Waals surface area contributed by atoms with Gasteiger partial charge in [0.2, 0.25) is 0 Å². The lowest BCUT2D eigenvalue weighted by atomic mass is 10.1. The molecule has 0 unspecified atom stereocenters. The van der Waals surface area contributed by atoms with Crippen molar-refractivity contribution >= 4 is 33.4 Å². The second-order valence-electron chi connectivity index (χ2n) is 6.26. The lowest BCUT2D eigenvalue weighted by Gasteiger charge is -2.16. The molecule has 3 aromatic rings. The Labute approximate surface area is 166 Å². The van der Waals surface area contributed by atoms with E-state index in [4.69, 9.17) is 4.74 Å². The average Bonchev–Trinajstić information content (AvgIpc) is 2.75. The van der Waals surface area contributed by atoms with Gasteiger partial charge in [0, 0.05) is 16.2 Å². The largest absolute Gasteiger partial charge is 0.467 e. The summed E-state index contributed by atoms with van der Waals surface area (Å²) in [6.07, 6.45) is 0.216. The maximum atomic E-state index is 12.6. The molecule has 3 rings (SSSR count). The van der Waals surface area contributed by atoms with Gasteiger partial charge in [-0.1, -0.05) is 48.5 Å². The predicted molar refractivity (Wildman–Crippen MR) is 110 cm³/mol. The smallest absolute Gasteiger partial charge is 0.328 e. The highest BCUT2D eigenvalue weighted by Crippen LogP contribution is 2.16. The Morgan fingerprint density at radius 3 is 2.36 bits per heavy atom. The molecule has 28 heavy (non-hydrogen) atoms. The van der Waals surface area contributed by atoms with Crippen LogP contribution in [0, 0.1) is 0 Å². The van der Waals surface area contributed by atoms with Crippen molar-refractivity contribution in [3.05, 3.63) is 78.4 Å². The molecule has 2 atom stereocenters. The van der Waals surface area contributed by atoms with Gasteiger partial charge in [0.1, 0.15) is 6.04 Å². The zero-order valence-electron chi connectivity index (χ0n) is 15.5. The van der Waals surface area contributed by atoms with Gasteiger partial charge >= 0.3 is 5.97 Å². The first-order valence-corrected chi connectivity index (χ1v) is 10.2. The summed E-state index contributed by atoms with van der Waals surface area (Å²) in [5.74, 6) is -0.687. The van der Waals surface area contributed by atoms with E-state index >= 15 is 0 Å². The van der Waals surface area contributed by atoms with Crippen molar-refractivity contribution in [2.24, 2.45) is 0 Å². The fraction of sp³-hybridized carbons (Fsp3) is 0.182. The number of carbonyl (C=O) groups is 2. The van der Waals surface area contributed by atoms with E-state index in [9.17, 15) is 13.8 Å². The van der Waals surface area contributed by atoms with Crippen LogP contribution in [-0.2, 0) is 20.3 Å². The fourth-order valence-corrected chi connectivity index (χ4v) is 4.02. The van der Waals surface area contributed by atoms with Gasteiger partial charge in [0.15, 0.2) is 0 Å². The highest BCUT2D eigenvalue weighted by Gasteiger charge is 2.23. The number of hydrogen-bond donors (Lipinski definition) is 1. The summed E-state index contributed by atoms with van der Waals surface area (Å²) in [6, 6.07) is 21.2. The molecule has 0 fully saturated rings. The lowest BCUT2D eigenvalue weighted by molar-refractivity contribution is -0.142. The molecule has 0 aromatic heterocycles. The highest BCUT2D eigenvalue weighted by atomic mass is 32.2. The minimum Gasteiger partial charge on any atom is -0.467 e. The molecule has 0 heterocycles. The summed E-state index contributed by atoms with van der Waals surface area (Å²) in [6.45, 7) is 0. The molecule has 0 aliphatic carbocycles. The van der Waals surface area contributed by atoms with E-state index in [1.165, 1.54) is 7.11 Å². The fourth-order valence-electron chi connectivity index (χ4n) is 2.88. The molecule has 1 amide bonds. The molecular formula is C22H21NO4S. The van der Waals surface area contributed by atoms with E-state index in [0.29, 0.717) is 10.5 Å². The van der Waals surface area contributed by atoms with Crippen molar-refractivity contribution in [3.8, 4) is 0 Å². The Morgan fingerprint density at radius 1 is 0.964 bits per heavy atom. The van der Waals surface area contributed by atoms with Crippen molar-refractivity contribution in [2.45, 2.75) is 17.4 Å². The summed E-state index contributed by atoms with van der Waals surface area (Å²) < 4.78 is 17.2. The molecule has 0 bridgehead atoms. The molecule has 0 aliphatic rings. The lowest BCUT2D eigenvalue weighted by Crippen LogP contribution is -2.42. The summed E-state index contributed by atoms with van der Waals surface area (Å²) in [5.41, 5.74) is 0.455. The van der Waals surface area contributed by atoms with Gasteiger partial charge < -0.3 is 10.1 Å². The zero-order valence-corrected chi connectivity index (χ0v) is 16.3. The topological polar surface area (TPSA) is 72.5 Å². The van der Waals surface area contributed by atoms with Crippen molar-refractivity contribution in [1.82, 2.24) is 5.32 Å². The van der Waals surface area contributed by atoms with Crippen LogP contribution in [0.2, 0.25) is 0 Å². The van der Waals surface area contributed by atoms with Crippen molar-refractivity contribution < 1.29 is 18.5 Å². The first-order chi connectivity index (χ1) is 13.6. The quantitative estimate of drug-likeness (QED) is 0.623. The van der Waals surface area contributed by atoms with Crippen LogP contribution in [0.4, 0.5) is 0 Å². The second kappa shape index (κ2) is 9.28. The van der Waals surface area contributed by atoms with Crippen LogP contribution < -0.4 is 5.32 Å². The number of benzene rings is 3. The normalized spacial score (nSPS) is 12.9. The third-order valence-corrected chi connectivity index (χ3v) is 5.81. The van der Waals surface area contributed by atoms with Gasteiger partial charge in [0.25, 0.3) is 5.91 Å². The highest BCUT2D eigenvalue weighted by molar-refractivity contribution is 7.85.